The van der Waals surface area contributed by atoms with Gasteiger partial charge in [-0.05, 0) is 32.7 Å². The monoisotopic (exact) mass is 539 g/mol. The van der Waals surface area contributed by atoms with E-state index in [-0.39, 0.29) is 65.7 Å². The average molecular weight is 540 g/mol. The van der Waals surface area contributed by atoms with Gasteiger partial charge in [-0.1, -0.05) is 31.6 Å². The van der Waals surface area contributed by atoms with Crippen LogP contribution in [0.3, 0.4) is 0 Å². The topological polar surface area (TPSA) is 132 Å². The van der Waals surface area contributed by atoms with E-state index < -0.39 is 59.0 Å². The summed E-state index contributed by atoms with van der Waals surface area (Å²) in [5, 5.41) is 12.1. The van der Waals surface area contributed by atoms with E-state index in [1.807, 2.05) is 19.9 Å². The maximum absolute atomic E-state index is 13.1. The summed E-state index contributed by atoms with van der Waals surface area (Å²) in [7, 11) is 2.76. The fourth-order valence-electron chi connectivity index (χ4n) is 6.19. The minimum absolute atomic E-state index is 0. The van der Waals surface area contributed by atoms with E-state index in [0.717, 1.165) is 0 Å². The number of fused-ring (bicyclic) bond motifs is 1. The second-order valence-electron chi connectivity index (χ2n) is 10.8. The number of methoxy groups -OCH3 is 1. The fourth-order valence-corrected chi connectivity index (χ4v) is 6.19. The Morgan fingerprint density at radius 2 is 1.84 bits per heavy atom. The molecule has 8 atom stereocenters. The summed E-state index contributed by atoms with van der Waals surface area (Å²) in [4.78, 5) is 51.6. The smallest absolute Gasteiger partial charge is 0.860 e. The zero-order chi connectivity index (χ0) is 27.4. The van der Waals surface area contributed by atoms with Crippen molar-refractivity contribution in [3.05, 3.63) is 35.3 Å². The summed E-state index contributed by atoms with van der Waals surface area (Å²) in [6.07, 6.45) is 2.83. The molecule has 8 unspecified atom stereocenters. The van der Waals surface area contributed by atoms with E-state index >= 15 is 0 Å². The molecule has 202 valence electrons. The molecule has 0 amide bonds. The van der Waals surface area contributed by atoms with Crippen molar-refractivity contribution in [2.24, 2.45) is 17.8 Å². The van der Waals surface area contributed by atoms with Crippen molar-refractivity contribution in [3.63, 3.8) is 0 Å². The number of carbonyl (C=O) groups is 4. The third kappa shape index (κ3) is 4.84. The van der Waals surface area contributed by atoms with Crippen LogP contribution >= 0.6 is 0 Å². The van der Waals surface area contributed by atoms with Crippen molar-refractivity contribution in [1.82, 2.24) is 4.90 Å². The van der Waals surface area contributed by atoms with E-state index in [9.17, 15) is 24.3 Å². The van der Waals surface area contributed by atoms with E-state index in [4.69, 9.17) is 18.9 Å². The van der Waals surface area contributed by atoms with Gasteiger partial charge in [0.05, 0.1) is 31.4 Å². The molecule has 4 rings (SSSR count). The SMILES string of the molecule is COC(=O)C1C(C)OC2(C)CC(=O)C3OC12OC(C(C)/C=C(C)/C=C/C(=O)C1=C([O-])N(C)CC1=O)C3C.[Na+]. The molecule has 11 heteroatoms. The van der Waals surface area contributed by atoms with Gasteiger partial charge >= 0.3 is 35.5 Å². The Labute approximate surface area is 244 Å². The van der Waals surface area contributed by atoms with Crippen LogP contribution in [0.5, 0.6) is 0 Å². The van der Waals surface area contributed by atoms with Crippen LogP contribution in [-0.4, -0.2) is 78.6 Å². The van der Waals surface area contributed by atoms with Gasteiger partial charge in [-0.25, -0.2) is 0 Å². The van der Waals surface area contributed by atoms with Gasteiger partial charge in [-0.3, -0.25) is 19.2 Å². The molecular formula is C27H34NNaO9. The number of esters is 1. The number of likely N-dealkylation sites (N-methyl/N-ethyl adjacent to an activating group) is 1. The van der Waals surface area contributed by atoms with Gasteiger partial charge in [0.25, 0.3) is 0 Å². The van der Waals surface area contributed by atoms with Gasteiger partial charge < -0.3 is 29.0 Å². The first-order chi connectivity index (χ1) is 17.3. The molecule has 4 aliphatic rings. The zero-order valence-electron chi connectivity index (χ0n) is 23.2. The number of nitrogens with zero attached hydrogens (tertiary/aromatic N) is 1. The molecule has 0 aromatic heterocycles. The normalized spacial score (nSPS) is 37.8. The number of rotatable bonds is 6. The molecular weight excluding hydrogens is 505 g/mol. The molecule has 0 radical (unpaired) electrons. The number of ketones is 3. The van der Waals surface area contributed by atoms with E-state index in [1.165, 1.54) is 25.1 Å². The van der Waals surface area contributed by atoms with Crippen LogP contribution in [0.4, 0.5) is 0 Å². The molecule has 38 heavy (non-hydrogen) atoms. The van der Waals surface area contributed by atoms with Gasteiger partial charge in [0.2, 0.25) is 5.79 Å². The van der Waals surface area contributed by atoms with Crippen LogP contribution in [0.15, 0.2) is 35.3 Å². The van der Waals surface area contributed by atoms with Crippen molar-refractivity contribution < 1.29 is 72.8 Å². The standard InChI is InChI=1S/C27H35NO9.Na/c1-13(8-9-17(29)20-19(31)12-28(6)24(20)32)10-14(2)22-15(3)23-18(30)11-26(5)27(36-22,37-23)21(16(4)35-26)25(33)34-7;/h8-10,14-16,21-23,32H,11-12H2,1-7H3;/q;+1/p-1/b9-8+,13-10+;. The summed E-state index contributed by atoms with van der Waals surface area (Å²) in [5.41, 5.74) is -0.797. The number of Topliss-reactive ketones (excluding diaryl/α,β-unsaturated/α-hetero) is 2. The molecule has 3 fully saturated rings. The molecule has 10 nitrogen and oxygen atoms in total. The molecule has 0 aromatic rings. The van der Waals surface area contributed by atoms with Gasteiger partial charge in [-0.15, -0.1) is 0 Å². The third-order valence-electron chi connectivity index (χ3n) is 7.96. The van der Waals surface area contributed by atoms with Crippen LogP contribution in [-0.2, 0) is 38.1 Å². The van der Waals surface area contributed by atoms with Gasteiger partial charge in [0, 0.05) is 25.3 Å². The van der Waals surface area contributed by atoms with Gasteiger partial charge in [-0.2, -0.15) is 0 Å². The quantitative estimate of drug-likeness (QED) is 0.121. The van der Waals surface area contributed by atoms with E-state index in [1.54, 1.807) is 26.8 Å². The first-order valence-electron chi connectivity index (χ1n) is 12.5. The Bertz CT molecular complexity index is 1130. The van der Waals surface area contributed by atoms with Gasteiger partial charge in [0.1, 0.15) is 17.6 Å². The summed E-state index contributed by atoms with van der Waals surface area (Å²) in [6.45, 7) is 8.94. The third-order valence-corrected chi connectivity index (χ3v) is 7.96. The number of allylic oxidation sites excluding steroid dienone is 3. The second kappa shape index (κ2) is 11.0. The largest absolute Gasteiger partial charge is 1.00 e. The Kier molecular flexibility index (Phi) is 8.88. The Morgan fingerprint density at radius 1 is 1.18 bits per heavy atom. The summed E-state index contributed by atoms with van der Waals surface area (Å²) in [5.74, 6) is -5.28. The van der Waals surface area contributed by atoms with Crippen LogP contribution in [0.25, 0.3) is 0 Å². The Balaban J connectivity index is 0.00000400. The van der Waals surface area contributed by atoms with E-state index in [0.29, 0.717) is 5.57 Å². The predicted octanol–water partition coefficient (Wildman–Crippen LogP) is -2.16. The molecule has 0 N–H and O–H groups in total. The first kappa shape index (κ1) is 30.7. The maximum atomic E-state index is 13.1. The molecule has 4 heterocycles. The van der Waals surface area contributed by atoms with Crippen molar-refractivity contribution in [1.29, 1.82) is 0 Å². The fraction of sp³-hybridized carbons (Fsp3) is 0.630. The average Bonchev–Trinajstić information content (AvgIpc) is 3.20. The van der Waals surface area contributed by atoms with Crippen molar-refractivity contribution in [2.75, 3.05) is 20.7 Å². The van der Waals surface area contributed by atoms with Crippen molar-refractivity contribution in [2.45, 2.75) is 70.7 Å². The minimum Gasteiger partial charge on any atom is -0.860 e. The van der Waals surface area contributed by atoms with E-state index in [2.05, 4.69) is 0 Å². The maximum Gasteiger partial charge on any atom is 1.00 e. The molecule has 0 saturated carbocycles. The Morgan fingerprint density at radius 3 is 2.42 bits per heavy atom. The second-order valence-corrected chi connectivity index (χ2v) is 10.8. The van der Waals surface area contributed by atoms with Crippen LogP contribution in [0.2, 0.25) is 0 Å². The Hall–Kier alpha value is -1.82. The summed E-state index contributed by atoms with van der Waals surface area (Å²) >= 11 is 0. The molecule has 1 spiro atoms. The van der Waals surface area contributed by atoms with Crippen molar-refractivity contribution in [3.8, 4) is 0 Å². The van der Waals surface area contributed by atoms with Crippen LogP contribution in [0, 0.1) is 17.8 Å². The van der Waals surface area contributed by atoms with Crippen LogP contribution < -0.4 is 34.7 Å². The summed E-state index contributed by atoms with van der Waals surface area (Å²) in [6, 6.07) is 0. The zero-order valence-corrected chi connectivity index (χ0v) is 25.2. The minimum atomic E-state index is -1.48. The van der Waals surface area contributed by atoms with Gasteiger partial charge in [0.15, 0.2) is 17.3 Å². The number of ether oxygens (including phenoxy) is 4. The van der Waals surface area contributed by atoms with Crippen molar-refractivity contribution >= 4 is 23.3 Å². The number of hydrogen-bond donors (Lipinski definition) is 0. The first-order valence-corrected chi connectivity index (χ1v) is 12.5. The predicted molar refractivity (Wildman–Crippen MR) is 127 cm³/mol. The molecule has 3 saturated heterocycles. The molecule has 2 bridgehead atoms. The molecule has 4 aliphatic heterocycles. The van der Waals surface area contributed by atoms with Crippen LogP contribution in [0.1, 0.15) is 41.0 Å². The summed E-state index contributed by atoms with van der Waals surface area (Å²) < 4.78 is 24.1. The molecule has 0 aliphatic carbocycles. The number of carbonyl (C=O) groups excluding carboxylic acids is 4. The number of hydrogen-bond acceptors (Lipinski definition) is 10. The molecule has 0 aromatic carbocycles.